The standard InChI is InChI=1S/C26H19NS/c1-18(19-9-3-2-4-10-19)17-21-16-15-20-11-5-6-12-22(20)25(21)26-27-23-13-7-8-14-24(23)28-26/h2-16H,1,17H2. The average Bonchev–Trinajstić information content (AvgIpc) is 3.18. The molecule has 0 N–H and O–H groups in total. The number of hydrogen-bond donors (Lipinski definition) is 0. The van der Waals surface area contributed by atoms with Crippen molar-refractivity contribution < 1.29 is 0 Å². The van der Waals surface area contributed by atoms with Crippen molar-refractivity contribution in [1.82, 2.24) is 4.98 Å². The fourth-order valence-corrected chi connectivity index (χ4v) is 4.76. The molecular weight excluding hydrogens is 358 g/mol. The molecule has 0 aliphatic heterocycles. The summed E-state index contributed by atoms with van der Waals surface area (Å²) in [6.45, 7) is 4.36. The zero-order valence-electron chi connectivity index (χ0n) is 15.4. The van der Waals surface area contributed by atoms with Crippen molar-refractivity contribution in [2.75, 3.05) is 0 Å². The van der Waals surface area contributed by atoms with Gasteiger partial charge in [0, 0.05) is 5.56 Å². The monoisotopic (exact) mass is 377 g/mol. The van der Waals surface area contributed by atoms with E-state index in [4.69, 9.17) is 4.98 Å². The van der Waals surface area contributed by atoms with Crippen LogP contribution < -0.4 is 0 Å². The van der Waals surface area contributed by atoms with Crippen LogP contribution >= 0.6 is 11.3 Å². The smallest absolute Gasteiger partial charge is 0.125 e. The molecule has 4 aromatic carbocycles. The van der Waals surface area contributed by atoms with Gasteiger partial charge in [0.25, 0.3) is 0 Å². The van der Waals surface area contributed by atoms with E-state index in [1.165, 1.54) is 32.2 Å². The molecule has 0 radical (unpaired) electrons. The number of fused-ring (bicyclic) bond motifs is 2. The Bertz CT molecular complexity index is 1270. The van der Waals surface area contributed by atoms with E-state index < -0.39 is 0 Å². The van der Waals surface area contributed by atoms with Crippen LogP contribution in [0.15, 0.2) is 97.6 Å². The highest BCUT2D eigenvalue weighted by Crippen LogP contribution is 2.38. The Balaban J connectivity index is 1.69. The lowest BCUT2D eigenvalue weighted by molar-refractivity contribution is 1.29. The number of hydrogen-bond acceptors (Lipinski definition) is 2. The van der Waals surface area contributed by atoms with E-state index in [9.17, 15) is 0 Å². The second kappa shape index (κ2) is 7.06. The first-order chi connectivity index (χ1) is 13.8. The third-order valence-corrected chi connectivity index (χ3v) is 6.16. The molecule has 0 saturated carbocycles. The summed E-state index contributed by atoms with van der Waals surface area (Å²) >= 11 is 1.76. The quantitative estimate of drug-likeness (QED) is 0.318. The molecular formula is C26H19NS. The van der Waals surface area contributed by atoms with Gasteiger partial charge in [0.2, 0.25) is 0 Å². The van der Waals surface area contributed by atoms with Crippen LogP contribution in [-0.2, 0) is 6.42 Å². The van der Waals surface area contributed by atoms with Gasteiger partial charge in [-0.1, -0.05) is 85.4 Å². The van der Waals surface area contributed by atoms with Crippen molar-refractivity contribution in [3.63, 3.8) is 0 Å². The number of rotatable bonds is 4. The van der Waals surface area contributed by atoms with E-state index in [0.717, 1.165) is 22.5 Å². The molecule has 0 aliphatic rings. The molecule has 2 heteroatoms. The lowest BCUT2D eigenvalue weighted by atomic mass is 9.93. The van der Waals surface area contributed by atoms with Crippen LogP contribution in [-0.4, -0.2) is 4.98 Å². The second-order valence-electron chi connectivity index (χ2n) is 6.95. The van der Waals surface area contributed by atoms with Crippen molar-refractivity contribution >= 4 is 37.9 Å². The Morgan fingerprint density at radius 2 is 1.54 bits per heavy atom. The molecule has 0 amide bonds. The molecule has 0 spiro atoms. The summed E-state index contributed by atoms with van der Waals surface area (Å²) < 4.78 is 1.22. The van der Waals surface area contributed by atoms with Crippen molar-refractivity contribution in [2.45, 2.75) is 6.42 Å². The third kappa shape index (κ3) is 3.02. The summed E-state index contributed by atoms with van der Waals surface area (Å²) in [5, 5.41) is 3.57. The highest BCUT2D eigenvalue weighted by Gasteiger charge is 2.15. The van der Waals surface area contributed by atoms with Gasteiger partial charge in [-0.25, -0.2) is 4.98 Å². The third-order valence-electron chi connectivity index (χ3n) is 5.11. The molecule has 0 atom stereocenters. The highest BCUT2D eigenvalue weighted by molar-refractivity contribution is 7.21. The van der Waals surface area contributed by atoms with Gasteiger partial charge < -0.3 is 0 Å². The first-order valence-corrected chi connectivity index (χ1v) is 10.2. The van der Waals surface area contributed by atoms with Gasteiger partial charge in [-0.2, -0.15) is 0 Å². The van der Waals surface area contributed by atoms with Crippen LogP contribution in [0.25, 0.3) is 37.1 Å². The van der Waals surface area contributed by atoms with E-state index >= 15 is 0 Å². The molecule has 1 aromatic heterocycles. The Hall–Kier alpha value is -3.23. The highest BCUT2D eigenvalue weighted by atomic mass is 32.1. The first kappa shape index (κ1) is 16.9. The molecule has 0 fully saturated rings. The number of benzene rings is 4. The zero-order valence-corrected chi connectivity index (χ0v) is 16.2. The molecule has 1 nitrogen and oxygen atoms in total. The van der Waals surface area contributed by atoms with Gasteiger partial charge in [-0.15, -0.1) is 11.3 Å². The van der Waals surface area contributed by atoms with Gasteiger partial charge in [0.05, 0.1) is 10.2 Å². The Morgan fingerprint density at radius 3 is 2.39 bits per heavy atom. The number of para-hydroxylation sites is 1. The van der Waals surface area contributed by atoms with E-state index in [1.54, 1.807) is 11.3 Å². The normalized spacial score (nSPS) is 11.1. The van der Waals surface area contributed by atoms with Crippen molar-refractivity contribution in [3.8, 4) is 10.6 Å². The van der Waals surface area contributed by atoms with Crippen LogP contribution in [0.2, 0.25) is 0 Å². The van der Waals surface area contributed by atoms with E-state index in [1.807, 2.05) is 12.1 Å². The topological polar surface area (TPSA) is 12.9 Å². The molecule has 28 heavy (non-hydrogen) atoms. The number of allylic oxidation sites excluding steroid dienone is 1. The Labute approximate surface area is 168 Å². The zero-order chi connectivity index (χ0) is 18.9. The van der Waals surface area contributed by atoms with Crippen LogP contribution in [0.4, 0.5) is 0 Å². The minimum atomic E-state index is 0.806. The summed E-state index contributed by atoms with van der Waals surface area (Å²) in [4.78, 5) is 4.96. The average molecular weight is 378 g/mol. The van der Waals surface area contributed by atoms with E-state index in [0.29, 0.717) is 0 Å². The van der Waals surface area contributed by atoms with Gasteiger partial charge in [0.1, 0.15) is 5.01 Å². The minimum Gasteiger partial charge on any atom is -0.236 e. The van der Waals surface area contributed by atoms with E-state index in [-0.39, 0.29) is 0 Å². The molecule has 0 bridgehead atoms. The number of aromatic nitrogens is 1. The summed E-state index contributed by atoms with van der Waals surface area (Å²) in [5.74, 6) is 0. The van der Waals surface area contributed by atoms with Crippen LogP contribution in [0.3, 0.4) is 0 Å². The molecule has 0 unspecified atom stereocenters. The van der Waals surface area contributed by atoms with Gasteiger partial charge >= 0.3 is 0 Å². The van der Waals surface area contributed by atoms with Crippen molar-refractivity contribution in [1.29, 1.82) is 0 Å². The van der Waals surface area contributed by atoms with Gasteiger partial charge in [0.15, 0.2) is 0 Å². The molecule has 5 rings (SSSR count). The second-order valence-corrected chi connectivity index (χ2v) is 7.98. The van der Waals surface area contributed by atoms with Crippen LogP contribution in [0.1, 0.15) is 11.1 Å². The summed E-state index contributed by atoms with van der Waals surface area (Å²) in [6.07, 6.45) is 0.806. The molecule has 0 saturated heterocycles. The maximum absolute atomic E-state index is 4.96. The van der Waals surface area contributed by atoms with Crippen molar-refractivity contribution in [2.24, 2.45) is 0 Å². The number of thiazole rings is 1. The number of nitrogens with zero attached hydrogens (tertiary/aromatic N) is 1. The lowest BCUT2D eigenvalue weighted by Gasteiger charge is -2.13. The maximum atomic E-state index is 4.96. The predicted molar refractivity (Wildman–Crippen MR) is 122 cm³/mol. The molecule has 1 heterocycles. The fraction of sp³-hybridized carbons (Fsp3) is 0.0385. The van der Waals surface area contributed by atoms with Crippen LogP contribution in [0, 0.1) is 0 Å². The molecule has 5 aromatic rings. The predicted octanol–water partition coefficient (Wildman–Crippen LogP) is 7.37. The Kier molecular flexibility index (Phi) is 4.27. The maximum Gasteiger partial charge on any atom is 0.125 e. The lowest BCUT2D eigenvalue weighted by Crippen LogP contribution is -1.94. The van der Waals surface area contributed by atoms with Gasteiger partial charge in [-0.05, 0) is 46.0 Å². The first-order valence-electron chi connectivity index (χ1n) is 9.39. The fourth-order valence-electron chi connectivity index (χ4n) is 3.70. The summed E-state index contributed by atoms with van der Waals surface area (Å²) in [5.41, 5.74) is 5.87. The SMILES string of the molecule is C=C(Cc1ccc2ccccc2c1-c1nc2ccccc2s1)c1ccccc1. The van der Waals surface area contributed by atoms with Gasteiger partial charge in [-0.3, -0.25) is 0 Å². The Morgan fingerprint density at radius 1 is 0.786 bits per heavy atom. The molecule has 0 aliphatic carbocycles. The summed E-state index contributed by atoms with van der Waals surface area (Å²) in [7, 11) is 0. The van der Waals surface area contributed by atoms with Crippen molar-refractivity contribution in [3.05, 3.63) is 109 Å². The largest absolute Gasteiger partial charge is 0.236 e. The minimum absolute atomic E-state index is 0.806. The van der Waals surface area contributed by atoms with Crippen LogP contribution in [0.5, 0.6) is 0 Å². The van der Waals surface area contributed by atoms with E-state index in [2.05, 4.69) is 85.4 Å². The summed E-state index contributed by atoms with van der Waals surface area (Å²) in [6, 6.07) is 31.8. The molecule has 134 valence electrons.